The zero-order valence-electron chi connectivity index (χ0n) is 14.1. The highest BCUT2D eigenvalue weighted by Gasteiger charge is 2.14. The maximum atomic E-state index is 12.4. The highest BCUT2D eigenvalue weighted by molar-refractivity contribution is 7.13. The molecular weight excluding hydrogens is 350 g/mol. The van der Waals surface area contributed by atoms with Gasteiger partial charge in [-0.1, -0.05) is 0 Å². The van der Waals surface area contributed by atoms with Gasteiger partial charge in [0, 0.05) is 28.5 Å². The Bertz CT molecular complexity index is 1040. The monoisotopic (exact) mass is 365 g/mol. The zero-order chi connectivity index (χ0) is 18.1. The second-order valence-electron chi connectivity index (χ2n) is 5.76. The van der Waals surface area contributed by atoms with Crippen LogP contribution in [0.4, 0.5) is 5.69 Å². The van der Waals surface area contributed by atoms with Crippen molar-refractivity contribution >= 4 is 22.9 Å². The van der Waals surface area contributed by atoms with Gasteiger partial charge < -0.3 is 5.32 Å². The summed E-state index contributed by atoms with van der Waals surface area (Å²) in [6, 6.07) is 3.87. The molecule has 9 heteroatoms. The first-order chi connectivity index (χ1) is 12.6. The van der Waals surface area contributed by atoms with Crippen LogP contribution < -0.4 is 5.32 Å². The molecule has 130 valence electrons. The van der Waals surface area contributed by atoms with E-state index >= 15 is 0 Å². The number of hydrogen-bond donors (Lipinski definition) is 2. The quantitative estimate of drug-likeness (QED) is 0.579. The molecule has 4 aromatic heterocycles. The lowest BCUT2D eigenvalue weighted by Crippen LogP contribution is -2.11. The van der Waals surface area contributed by atoms with Crippen LogP contribution in [0, 0.1) is 13.8 Å². The van der Waals surface area contributed by atoms with E-state index in [0.717, 1.165) is 27.6 Å². The molecule has 0 fully saturated rings. The Kier molecular flexibility index (Phi) is 4.05. The Balaban J connectivity index is 1.51. The molecule has 0 saturated heterocycles. The molecule has 4 heterocycles. The molecule has 8 nitrogen and oxygen atoms in total. The van der Waals surface area contributed by atoms with E-state index in [2.05, 4.69) is 30.6 Å². The molecule has 2 N–H and O–H groups in total. The van der Waals surface area contributed by atoms with Crippen molar-refractivity contribution in [1.82, 2.24) is 29.9 Å². The maximum Gasteiger partial charge on any atom is 0.275 e. The van der Waals surface area contributed by atoms with Gasteiger partial charge in [0.25, 0.3) is 5.91 Å². The normalized spacial score (nSPS) is 10.8. The summed E-state index contributed by atoms with van der Waals surface area (Å²) < 4.78 is 1.70. The summed E-state index contributed by atoms with van der Waals surface area (Å²) in [5.41, 5.74) is 4.52. The van der Waals surface area contributed by atoms with E-state index in [9.17, 15) is 4.79 Å². The average molecular weight is 365 g/mol. The minimum atomic E-state index is -0.280. The number of carbonyl (C=O) groups excluding carboxylic acids is 1. The topological polar surface area (TPSA) is 101 Å². The number of nitrogens with zero attached hydrogens (tertiary/aromatic N) is 5. The number of hydrogen-bond acceptors (Lipinski definition) is 6. The largest absolute Gasteiger partial charge is 0.318 e. The van der Waals surface area contributed by atoms with E-state index in [1.165, 1.54) is 11.3 Å². The molecule has 0 spiro atoms. The molecule has 4 aromatic rings. The van der Waals surface area contributed by atoms with Crippen LogP contribution in [0.3, 0.4) is 0 Å². The average Bonchev–Trinajstić information content (AvgIpc) is 3.34. The number of aromatic amines is 1. The summed E-state index contributed by atoms with van der Waals surface area (Å²) in [4.78, 5) is 21.1. The summed E-state index contributed by atoms with van der Waals surface area (Å²) in [5, 5.41) is 16.2. The van der Waals surface area contributed by atoms with Gasteiger partial charge in [-0.2, -0.15) is 10.2 Å². The van der Waals surface area contributed by atoms with Crippen LogP contribution >= 0.6 is 11.3 Å². The van der Waals surface area contributed by atoms with Gasteiger partial charge in [0.15, 0.2) is 0 Å². The number of anilines is 1. The molecular formula is C17H15N7OS. The van der Waals surface area contributed by atoms with Gasteiger partial charge in [0.05, 0.1) is 30.0 Å². The number of H-pyrrole nitrogens is 1. The fourth-order valence-corrected chi connectivity index (χ4v) is 3.33. The number of rotatable bonds is 4. The molecule has 0 bridgehead atoms. The van der Waals surface area contributed by atoms with Crippen molar-refractivity contribution in [3.8, 4) is 16.3 Å². The number of aromatic nitrogens is 6. The number of nitrogens with one attached hydrogen (secondary N) is 2. The molecule has 0 aliphatic carbocycles. The van der Waals surface area contributed by atoms with Crippen molar-refractivity contribution in [1.29, 1.82) is 0 Å². The Morgan fingerprint density at radius 1 is 1.19 bits per heavy atom. The molecule has 0 atom stereocenters. The van der Waals surface area contributed by atoms with Crippen LogP contribution in [0.15, 0.2) is 42.3 Å². The molecule has 0 radical (unpaired) electrons. The smallest absolute Gasteiger partial charge is 0.275 e. The van der Waals surface area contributed by atoms with E-state index in [1.54, 1.807) is 34.8 Å². The molecule has 0 aromatic carbocycles. The Labute approximate surface area is 152 Å². The summed E-state index contributed by atoms with van der Waals surface area (Å²) in [5.74, 6) is -0.280. The first-order valence-electron chi connectivity index (χ1n) is 7.85. The van der Waals surface area contributed by atoms with Gasteiger partial charge in [0.2, 0.25) is 0 Å². The number of thiazole rings is 1. The molecule has 0 aliphatic rings. The lowest BCUT2D eigenvalue weighted by Gasteiger charge is -2.04. The predicted octanol–water partition coefficient (Wildman–Crippen LogP) is 2.98. The zero-order valence-corrected chi connectivity index (χ0v) is 14.9. The second kappa shape index (κ2) is 6.52. The van der Waals surface area contributed by atoms with E-state index in [-0.39, 0.29) is 5.91 Å². The predicted molar refractivity (Wildman–Crippen MR) is 98.5 cm³/mol. The van der Waals surface area contributed by atoms with Gasteiger partial charge in [-0.15, -0.1) is 11.3 Å². The standard InChI is InChI=1S/C17H15N7OS/c1-10-3-14(4-11(2)21-10)24-8-13(7-20-24)22-16(25)15-9-26-17(23-15)12-5-18-19-6-12/h3-9H,1-2H3,(H,18,19)(H,22,25). The van der Waals surface area contributed by atoms with Crippen molar-refractivity contribution in [3.05, 3.63) is 59.4 Å². The molecule has 4 rings (SSSR count). The minimum Gasteiger partial charge on any atom is -0.318 e. The van der Waals surface area contributed by atoms with E-state index in [0.29, 0.717) is 11.4 Å². The summed E-state index contributed by atoms with van der Waals surface area (Å²) in [7, 11) is 0. The molecule has 1 amide bonds. The Morgan fingerprint density at radius 3 is 2.73 bits per heavy atom. The third-order valence-electron chi connectivity index (χ3n) is 3.65. The van der Waals surface area contributed by atoms with Crippen molar-refractivity contribution < 1.29 is 4.79 Å². The van der Waals surface area contributed by atoms with Crippen molar-refractivity contribution in [2.24, 2.45) is 0 Å². The van der Waals surface area contributed by atoms with Crippen molar-refractivity contribution in [2.45, 2.75) is 13.8 Å². The van der Waals surface area contributed by atoms with Crippen LogP contribution in [0.5, 0.6) is 0 Å². The van der Waals surface area contributed by atoms with Gasteiger partial charge >= 0.3 is 0 Å². The highest BCUT2D eigenvalue weighted by Crippen LogP contribution is 2.23. The second-order valence-corrected chi connectivity index (χ2v) is 6.62. The Morgan fingerprint density at radius 2 is 2.00 bits per heavy atom. The number of pyridine rings is 1. The Hall–Kier alpha value is -3.33. The van der Waals surface area contributed by atoms with Crippen LogP contribution in [-0.2, 0) is 0 Å². The molecule has 0 unspecified atom stereocenters. The molecule has 0 aliphatic heterocycles. The van der Waals surface area contributed by atoms with Gasteiger partial charge in [-0.05, 0) is 26.0 Å². The lowest BCUT2D eigenvalue weighted by molar-refractivity contribution is 0.102. The first-order valence-corrected chi connectivity index (χ1v) is 8.73. The SMILES string of the molecule is Cc1cc(-n2cc(NC(=O)c3csc(-c4cn[nH]c4)n3)cn2)cc(C)n1. The minimum absolute atomic E-state index is 0.280. The van der Waals surface area contributed by atoms with E-state index < -0.39 is 0 Å². The van der Waals surface area contributed by atoms with E-state index in [4.69, 9.17) is 0 Å². The fourth-order valence-electron chi connectivity index (χ4n) is 2.55. The summed E-state index contributed by atoms with van der Waals surface area (Å²) >= 11 is 1.39. The third kappa shape index (κ3) is 3.24. The van der Waals surface area contributed by atoms with Crippen LogP contribution in [-0.4, -0.2) is 35.9 Å². The number of carbonyl (C=O) groups is 1. The van der Waals surface area contributed by atoms with E-state index in [1.807, 2.05) is 26.0 Å². The van der Waals surface area contributed by atoms with Gasteiger partial charge in [0.1, 0.15) is 10.7 Å². The lowest BCUT2D eigenvalue weighted by atomic mass is 10.3. The number of aryl methyl sites for hydroxylation is 2. The van der Waals surface area contributed by atoms with Crippen molar-refractivity contribution in [3.63, 3.8) is 0 Å². The molecule has 0 saturated carbocycles. The molecule has 26 heavy (non-hydrogen) atoms. The van der Waals surface area contributed by atoms with Crippen LogP contribution in [0.1, 0.15) is 21.9 Å². The number of amides is 1. The summed E-state index contributed by atoms with van der Waals surface area (Å²) in [6.07, 6.45) is 6.77. The van der Waals surface area contributed by atoms with Gasteiger partial charge in [-0.3, -0.25) is 14.9 Å². The van der Waals surface area contributed by atoms with Crippen LogP contribution in [0.2, 0.25) is 0 Å². The summed E-state index contributed by atoms with van der Waals surface area (Å²) in [6.45, 7) is 3.87. The maximum absolute atomic E-state index is 12.4. The third-order valence-corrected chi connectivity index (χ3v) is 4.54. The van der Waals surface area contributed by atoms with Crippen molar-refractivity contribution in [2.75, 3.05) is 5.32 Å². The van der Waals surface area contributed by atoms with Gasteiger partial charge in [-0.25, -0.2) is 9.67 Å². The van der Waals surface area contributed by atoms with Crippen LogP contribution in [0.25, 0.3) is 16.3 Å². The fraction of sp³-hybridized carbons (Fsp3) is 0.118. The highest BCUT2D eigenvalue weighted by atomic mass is 32.1. The first kappa shape index (κ1) is 16.2.